The molecule has 0 atom stereocenters. The standard InChI is InChI=1S/C30H43BrN4O3/c1-9-35(24-12-10-23(11-13-24)34-29(37)38-30(6,7)8)27-16-22(31)15-25(20(27)4)28(36)32-17-26-18(2)14-19(3)33-21(26)5/h14-16,23-24,33H,5,9-13,17H2,1-4,6-8H3,(H,32,36)(H,34,37)/t23-,24-. The fourth-order valence-corrected chi connectivity index (χ4v) is 5.79. The van der Waals surface area contributed by atoms with E-state index in [1.807, 2.05) is 47.6 Å². The van der Waals surface area contributed by atoms with E-state index in [0.717, 1.165) is 70.5 Å². The topological polar surface area (TPSA) is 82.7 Å². The molecule has 0 saturated heterocycles. The third kappa shape index (κ3) is 7.65. The molecule has 208 valence electrons. The summed E-state index contributed by atoms with van der Waals surface area (Å²) in [5.41, 5.74) is 6.16. The van der Waals surface area contributed by atoms with E-state index in [9.17, 15) is 9.59 Å². The molecule has 0 unspecified atom stereocenters. The Morgan fingerprint density at radius 1 is 1.16 bits per heavy atom. The second-order valence-corrected chi connectivity index (χ2v) is 12.2. The summed E-state index contributed by atoms with van der Waals surface area (Å²) in [5.74, 6) is -0.106. The van der Waals surface area contributed by atoms with Crippen LogP contribution in [-0.2, 0) is 4.74 Å². The van der Waals surface area contributed by atoms with Gasteiger partial charge < -0.3 is 25.6 Å². The fraction of sp³-hybridized carbons (Fsp3) is 0.533. The third-order valence-electron chi connectivity index (χ3n) is 7.15. The van der Waals surface area contributed by atoms with Gasteiger partial charge in [-0.25, -0.2) is 4.79 Å². The van der Waals surface area contributed by atoms with Gasteiger partial charge in [0, 0.05) is 52.3 Å². The number of carbonyl (C=O) groups excluding carboxylic acids is 2. The van der Waals surface area contributed by atoms with Crippen molar-refractivity contribution in [3.63, 3.8) is 0 Å². The lowest BCUT2D eigenvalue weighted by molar-refractivity contribution is 0.0491. The van der Waals surface area contributed by atoms with Gasteiger partial charge in [0.1, 0.15) is 5.60 Å². The number of nitrogens with zero attached hydrogens (tertiary/aromatic N) is 1. The number of hydrogen-bond donors (Lipinski definition) is 3. The molecule has 1 aliphatic carbocycles. The number of nitrogens with one attached hydrogen (secondary N) is 3. The first-order valence-corrected chi connectivity index (χ1v) is 14.3. The van der Waals surface area contributed by atoms with Crippen molar-refractivity contribution in [2.24, 2.45) is 0 Å². The van der Waals surface area contributed by atoms with Gasteiger partial charge in [-0.15, -0.1) is 0 Å². The molecule has 0 bridgehead atoms. The molecule has 3 N–H and O–H groups in total. The second kappa shape index (κ2) is 12.4. The molecule has 1 fully saturated rings. The van der Waals surface area contributed by atoms with Crippen LogP contribution in [0.15, 0.2) is 51.8 Å². The lowest BCUT2D eigenvalue weighted by Gasteiger charge is -2.39. The largest absolute Gasteiger partial charge is 0.444 e. The minimum atomic E-state index is -0.504. The van der Waals surface area contributed by atoms with Crippen LogP contribution in [0.1, 0.15) is 83.1 Å². The number of dihydropyridines is 1. The highest BCUT2D eigenvalue weighted by Crippen LogP contribution is 2.34. The predicted molar refractivity (Wildman–Crippen MR) is 158 cm³/mol. The van der Waals surface area contributed by atoms with E-state index >= 15 is 0 Å². The summed E-state index contributed by atoms with van der Waals surface area (Å²) in [6.45, 7) is 19.2. The van der Waals surface area contributed by atoms with E-state index in [2.05, 4.69) is 62.4 Å². The Hall–Kier alpha value is -2.74. The van der Waals surface area contributed by atoms with Gasteiger partial charge in [0.15, 0.2) is 0 Å². The monoisotopic (exact) mass is 586 g/mol. The first kappa shape index (κ1) is 29.8. The number of anilines is 1. The highest BCUT2D eigenvalue weighted by molar-refractivity contribution is 9.10. The van der Waals surface area contributed by atoms with Gasteiger partial charge in [-0.2, -0.15) is 0 Å². The maximum Gasteiger partial charge on any atom is 0.407 e. The smallest absolute Gasteiger partial charge is 0.407 e. The fourth-order valence-electron chi connectivity index (χ4n) is 5.34. The Morgan fingerprint density at radius 2 is 1.82 bits per heavy atom. The lowest BCUT2D eigenvalue weighted by atomic mass is 9.89. The molecule has 1 saturated carbocycles. The van der Waals surface area contributed by atoms with Crippen molar-refractivity contribution >= 4 is 33.6 Å². The quantitative estimate of drug-likeness (QED) is 0.340. The van der Waals surface area contributed by atoms with Crippen molar-refractivity contribution in [1.82, 2.24) is 16.0 Å². The lowest BCUT2D eigenvalue weighted by Crippen LogP contribution is -2.45. The molecule has 1 aliphatic heterocycles. The Bertz CT molecular complexity index is 1140. The second-order valence-electron chi connectivity index (χ2n) is 11.3. The number of hydrogen-bond acceptors (Lipinski definition) is 5. The van der Waals surface area contributed by atoms with Crippen LogP contribution < -0.4 is 20.9 Å². The van der Waals surface area contributed by atoms with E-state index in [4.69, 9.17) is 4.74 Å². The Morgan fingerprint density at radius 3 is 2.39 bits per heavy atom. The van der Waals surface area contributed by atoms with E-state index in [1.54, 1.807) is 0 Å². The van der Waals surface area contributed by atoms with Gasteiger partial charge in [0.2, 0.25) is 0 Å². The van der Waals surface area contributed by atoms with Crippen molar-refractivity contribution < 1.29 is 14.3 Å². The zero-order valence-corrected chi connectivity index (χ0v) is 25.5. The van der Waals surface area contributed by atoms with Crippen molar-refractivity contribution in [1.29, 1.82) is 0 Å². The minimum absolute atomic E-state index is 0.106. The summed E-state index contributed by atoms with van der Waals surface area (Å²) in [6, 6.07) is 4.45. The van der Waals surface area contributed by atoms with E-state index < -0.39 is 5.60 Å². The number of allylic oxidation sites excluding steroid dienone is 3. The van der Waals surface area contributed by atoms with Crippen LogP contribution in [0.4, 0.5) is 10.5 Å². The normalized spacial score (nSPS) is 19.9. The molecular weight excluding hydrogens is 544 g/mol. The van der Waals surface area contributed by atoms with E-state index in [0.29, 0.717) is 18.2 Å². The van der Waals surface area contributed by atoms with Gasteiger partial charge in [-0.05, 0) is 109 Å². The average molecular weight is 588 g/mol. The molecule has 2 amide bonds. The summed E-state index contributed by atoms with van der Waals surface area (Å²) in [6.07, 6.45) is 5.41. The zero-order chi connectivity index (χ0) is 28.2. The van der Waals surface area contributed by atoms with Crippen LogP contribution in [0.3, 0.4) is 0 Å². The van der Waals surface area contributed by atoms with Gasteiger partial charge in [0.25, 0.3) is 5.91 Å². The molecule has 7 nitrogen and oxygen atoms in total. The van der Waals surface area contributed by atoms with E-state index in [1.165, 1.54) is 0 Å². The summed E-state index contributed by atoms with van der Waals surface area (Å²) < 4.78 is 6.30. The Kier molecular flexibility index (Phi) is 9.74. The summed E-state index contributed by atoms with van der Waals surface area (Å²) >= 11 is 3.64. The van der Waals surface area contributed by atoms with Crippen LogP contribution in [0.25, 0.3) is 0 Å². The van der Waals surface area contributed by atoms with Crippen LogP contribution in [0.2, 0.25) is 0 Å². The number of rotatable bonds is 7. The van der Waals surface area contributed by atoms with Crippen LogP contribution >= 0.6 is 15.9 Å². The maximum absolute atomic E-state index is 13.3. The molecule has 1 aromatic rings. The van der Waals surface area contributed by atoms with Gasteiger partial charge in [-0.3, -0.25) is 4.79 Å². The van der Waals surface area contributed by atoms with Crippen molar-refractivity contribution in [3.05, 3.63) is 62.9 Å². The van der Waals surface area contributed by atoms with Crippen LogP contribution in [-0.4, -0.2) is 42.8 Å². The van der Waals surface area contributed by atoms with Crippen LogP contribution in [0.5, 0.6) is 0 Å². The molecular formula is C30H43BrN4O3. The number of amides is 2. The highest BCUT2D eigenvalue weighted by atomic mass is 79.9. The summed E-state index contributed by atoms with van der Waals surface area (Å²) in [4.78, 5) is 27.9. The van der Waals surface area contributed by atoms with Gasteiger partial charge in [-0.1, -0.05) is 22.5 Å². The molecule has 1 heterocycles. The molecule has 0 aromatic heterocycles. The van der Waals surface area contributed by atoms with Crippen molar-refractivity contribution in [3.8, 4) is 0 Å². The average Bonchev–Trinajstić information content (AvgIpc) is 2.80. The molecule has 0 radical (unpaired) electrons. The summed E-state index contributed by atoms with van der Waals surface area (Å²) in [7, 11) is 0. The van der Waals surface area contributed by atoms with Gasteiger partial charge >= 0.3 is 6.09 Å². The molecule has 38 heavy (non-hydrogen) atoms. The molecule has 0 spiro atoms. The number of carbonyl (C=O) groups is 2. The molecule has 2 aliphatic rings. The van der Waals surface area contributed by atoms with Gasteiger partial charge in [0.05, 0.1) is 0 Å². The van der Waals surface area contributed by atoms with Crippen molar-refractivity contribution in [2.45, 2.75) is 91.8 Å². The first-order valence-electron chi connectivity index (χ1n) is 13.5. The maximum atomic E-state index is 13.3. The Balaban J connectivity index is 1.70. The molecule has 3 rings (SSSR count). The zero-order valence-electron chi connectivity index (χ0n) is 23.9. The van der Waals surface area contributed by atoms with Crippen molar-refractivity contribution in [2.75, 3.05) is 18.0 Å². The predicted octanol–water partition coefficient (Wildman–Crippen LogP) is 6.49. The molecule has 8 heteroatoms. The van der Waals surface area contributed by atoms with E-state index in [-0.39, 0.29) is 18.0 Å². The minimum Gasteiger partial charge on any atom is -0.444 e. The SMILES string of the molecule is C=C1NC(C)=CC(C)=C1CNC(=O)c1cc(Br)cc(N(CC)[C@H]2CC[C@H](NC(=O)OC(C)(C)C)CC2)c1C. The molecule has 1 aromatic carbocycles. The van der Waals surface area contributed by atoms with Crippen LogP contribution in [0, 0.1) is 6.92 Å². The Labute approximate surface area is 236 Å². The number of alkyl carbamates (subject to hydrolysis) is 1. The number of halogens is 1. The highest BCUT2D eigenvalue weighted by Gasteiger charge is 2.29. The number of benzene rings is 1. The first-order chi connectivity index (χ1) is 17.8. The number of ether oxygens (including phenoxy) is 1. The third-order valence-corrected chi connectivity index (χ3v) is 7.60. The summed E-state index contributed by atoms with van der Waals surface area (Å²) in [5, 5.41) is 9.37.